The lowest BCUT2D eigenvalue weighted by molar-refractivity contribution is 0.302. The summed E-state index contributed by atoms with van der Waals surface area (Å²) in [6.45, 7) is 6.71. The van der Waals surface area contributed by atoms with Gasteiger partial charge >= 0.3 is 0 Å². The molecule has 0 radical (unpaired) electrons. The molecule has 108 valence electrons. The highest BCUT2D eigenvalue weighted by molar-refractivity contribution is 7.09. The van der Waals surface area contributed by atoms with Gasteiger partial charge < -0.3 is 10.1 Å². The third-order valence-corrected chi connectivity index (χ3v) is 3.78. The van der Waals surface area contributed by atoms with Gasteiger partial charge in [0, 0.05) is 16.9 Å². The number of thiazole rings is 1. The van der Waals surface area contributed by atoms with Crippen LogP contribution in [0.1, 0.15) is 24.5 Å². The number of nitrogens with zero attached hydrogens (tertiary/aromatic N) is 1. The predicted octanol–water partition coefficient (Wildman–Crippen LogP) is 4.12. The van der Waals surface area contributed by atoms with Crippen molar-refractivity contribution in [3.8, 4) is 5.75 Å². The summed E-state index contributed by atoms with van der Waals surface area (Å²) < 4.78 is 5.67. The fraction of sp³-hybridized carbons (Fsp3) is 0.400. The van der Waals surface area contributed by atoms with Crippen LogP contribution in [0.3, 0.4) is 0 Å². The van der Waals surface area contributed by atoms with Crippen LogP contribution in [0.4, 0.5) is 0 Å². The molecule has 1 aromatic heterocycles. The fourth-order valence-corrected chi connectivity index (χ4v) is 2.53. The van der Waals surface area contributed by atoms with Gasteiger partial charge in [-0.05, 0) is 36.7 Å². The van der Waals surface area contributed by atoms with E-state index < -0.39 is 0 Å². The van der Waals surface area contributed by atoms with Crippen LogP contribution in [0, 0.1) is 5.92 Å². The summed E-state index contributed by atoms with van der Waals surface area (Å²) in [5.41, 5.74) is 0.964. The Kier molecular flexibility index (Phi) is 5.83. The summed E-state index contributed by atoms with van der Waals surface area (Å²) in [6, 6.07) is 7.36. The van der Waals surface area contributed by atoms with Gasteiger partial charge in [-0.25, -0.2) is 4.98 Å². The summed E-state index contributed by atoms with van der Waals surface area (Å²) in [6.07, 6.45) is 0. The van der Waals surface area contributed by atoms with E-state index in [0.717, 1.165) is 29.5 Å². The SMILES string of the molecule is CC(C)CNCc1nc(COc2ccc(Cl)cc2)cs1. The number of rotatable bonds is 7. The second-order valence-corrected chi connectivity index (χ2v) is 6.38. The molecule has 3 nitrogen and oxygen atoms in total. The van der Waals surface area contributed by atoms with E-state index in [9.17, 15) is 0 Å². The first-order valence-corrected chi connectivity index (χ1v) is 7.91. The van der Waals surface area contributed by atoms with E-state index in [4.69, 9.17) is 16.3 Å². The zero-order valence-electron chi connectivity index (χ0n) is 11.7. The zero-order valence-corrected chi connectivity index (χ0v) is 13.3. The number of hydrogen-bond acceptors (Lipinski definition) is 4. The second-order valence-electron chi connectivity index (χ2n) is 5.00. The Morgan fingerprint density at radius 2 is 2.05 bits per heavy atom. The highest BCUT2D eigenvalue weighted by atomic mass is 35.5. The molecule has 1 aromatic carbocycles. The van der Waals surface area contributed by atoms with E-state index in [1.54, 1.807) is 11.3 Å². The van der Waals surface area contributed by atoms with Gasteiger partial charge in [0.25, 0.3) is 0 Å². The normalized spacial score (nSPS) is 11.0. The maximum Gasteiger partial charge on any atom is 0.131 e. The molecule has 0 aliphatic carbocycles. The minimum atomic E-state index is 0.488. The Labute approximate surface area is 129 Å². The van der Waals surface area contributed by atoms with E-state index in [0.29, 0.717) is 17.5 Å². The lowest BCUT2D eigenvalue weighted by atomic mass is 10.2. The van der Waals surface area contributed by atoms with Crippen molar-refractivity contribution in [1.29, 1.82) is 0 Å². The van der Waals surface area contributed by atoms with Crippen LogP contribution in [0.15, 0.2) is 29.6 Å². The molecule has 0 fully saturated rings. The highest BCUT2D eigenvalue weighted by Crippen LogP contribution is 2.17. The van der Waals surface area contributed by atoms with Crippen LogP contribution in [-0.4, -0.2) is 11.5 Å². The van der Waals surface area contributed by atoms with E-state index in [1.807, 2.05) is 29.6 Å². The topological polar surface area (TPSA) is 34.2 Å². The molecule has 0 saturated heterocycles. The summed E-state index contributed by atoms with van der Waals surface area (Å²) in [5, 5.41) is 7.24. The quantitative estimate of drug-likeness (QED) is 0.835. The molecule has 2 rings (SSSR count). The molecule has 0 aliphatic rings. The molecule has 0 spiro atoms. The minimum absolute atomic E-state index is 0.488. The van der Waals surface area contributed by atoms with E-state index in [2.05, 4.69) is 24.1 Å². The molecule has 0 unspecified atom stereocenters. The molecule has 2 aromatic rings. The lowest BCUT2D eigenvalue weighted by Gasteiger charge is -2.05. The molecule has 1 N–H and O–H groups in total. The average Bonchev–Trinajstić information content (AvgIpc) is 2.86. The number of benzene rings is 1. The van der Waals surface area contributed by atoms with Gasteiger partial charge in [-0.1, -0.05) is 25.4 Å². The first-order valence-electron chi connectivity index (χ1n) is 6.66. The number of aromatic nitrogens is 1. The lowest BCUT2D eigenvalue weighted by Crippen LogP contribution is -2.18. The number of nitrogens with one attached hydrogen (secondary N) is 1. The smallest absolute Gasteiger partial charge is 0.131 e. The van der Waals surface area contributed by atoms with Crippen LogP contribution in [0.25, 0.3) is 0 Å². The van der Waals surface area contributed by atoms with Crippen molar-refractivity contribution in [2.45, 2.75) is 27.0 Å². The number of hydrogen-bond donors (Lipinski definition) is 1. The van der Waals surface area contributed by atoms with Crippen LogP contribution in [-0.2, 0) is 13.2 Å². The predicted molar refractivity (Wildman–Crippen MR) is 84.4 cm³/mol. The monoisotopic (exact) mass is 310 g/mol. The molecule has 20 heavy (non-hydrogen) atoms. The van der Waals surface area contributed by atoms with Crippen LogP contribution in [0.2, 0.25) is 5.02 Å². The Bertz CT molecular complexity index is 525. The molecule has 0 bridgehead atoms. The first-order chi connectivity index (χ1) is 9.63. The van der Waals surface area contributed by atoms with Crippen molar-refractivity contribution in [2.24, 2.45) is 5.92 Å². The van der Waals surface area contributed by atoms with Gasteiger partial charge in [0.2, 0.25) is 0 Å². The van der Waals surface area contributed by atoms with Crippen molar-refractivity contribution < 1.29 is 4.74 Å². The van der Waals surface area contributed by atoms with E-state index >= 15 is 0 Å². The molecule has 0 aliphatic heterocycles. The summed E-state index contributed by atoms with van der Waals surface area (Å²) in [5.74, 6) is 1.46. The Balaban J connectivity index is 1.79. The first kappa shape index (κ1) is 15.3. The summed E-state index contributed by atoms with van der Waals surface area (Å²) in [7, 11) is 0. The average molecular weight is 311 g/mol. The molecular weight excluding hydrogens is 292 g/mol. The van der Waals surface area contributed by atoms with Crippen LogP contribution < -0.4 is 10.1 Å². The highest BCUT2D eigenvalue weighted by Gasteiger charge is 2.03. The Morgan fingerprint density at radius 1 is 1.30 bits per heavy atom. The Morgan fingerprint density at radius 3 is 2.75 bits per heavy atom. The fourth-order valence-electron chi connectivity index (χ4n) is 1.65. The van der Waals surface area contributed by atoms with E-state index in [-0.39, 0.29) is 0 Å². The zero-order chi connectivity index (χ0) is 14.4. The van der Waals surface area contributed by atoms with Crippen molar-refractivity contribution in [3.63, 3.8) is 0 Å². The molecular formula is C15H19ClN2OS. The van der Waals surface area contributed by atoms with Crippen molar-refractivity contribution in [3.05, 3.63) is 45.4 Å². The Hall–Kier alpha value is -1.10. The largest absolute Gasteiger partial charge is 0.487 e. The number of ether oxygens (including phenoxy) is 1. The maximum absolute atomic E-state index is 5.83. The second kappa shape index (κ2) is 7.62. The van der Waals surface area contributed by atoms with Crippen LogP contribution in [0.5, 0.6) is 5.75 Å². The number of halogens is 1. The summed E-state index contributed by atoms with van der Waals surface area (Å²) in [4.78, 5) is 4.54. The van der Waals surface area contributed by atoms with Crippen molar-refractivity contribution in [1.82, 2.24) is 10.3 Å². The van der Waals surface area contributed by atoms with E-state index in [1.165, 1.54) is 0 Å². The molecule has 1 heterocycles. The third kappa shape index (κ3) is 5.12. The van der Waals surface area contributed by atoms with Crippen molar-refractivity contribution in [2.75, 3.05) is 6.54 Å². The van der Waals surface area contributed by atoms with Gasteiger partial charge in [-0.2, -0.15) is 0 Å². The minimum Gasteiger partial charge on any atom is -0.487 e. The summed E-state index contributed by atoms with van der Waals surface area (Å²) >= 11 is 7.49. The molecule has 0 amide bonds. The molecule has 0 atom stereocenters. The van der Waals surface area contributed by atoms with Gasteiger partial charge in [0.1, 0.15) is 17.4 Å². The van der Waals surface area contributed by atoms with Gasteiger partial charge in [-0.15, -0.1) is 11.3 Å². The van der Waals surface area contributed by atoms with Gasteiger partial charge in [-0.3, -0.25) is 0 Å². The molecule has 5 heteroatoms. The maximum atomic E-state index is 5.83. The molecule has 0 saturated carbocycles. The van der Waals surface area contributed by atoms with Crippen LogP contribution >= 0.6 is 22.9 Å². The third-order valence-electron chi connectivity index (χ3n) is 2.63. The van der Waals surface area contributed by atoms with Gasteiger partial charge in [0.15, 0.2) is 0 Å². The standard InChI is InChI=1S/C15H19ClN2OS/c1-11(2)7-17-8-15-18-13(10-20-15)9-19-14-5-3-12(16)4-6-14/h3-6,10-11,17H,7-9H2,1-2H3. The van der Waals surface area contributed by atoms with Crippen molar-refractivity contribution >= 4 is 22.9 Å². The van der Waals surface area contributed by atoms with Gasteiger partial charge in [0.05, 0.1) is 5.69 Å².